The van der Waals surface area contributed by atoms with Crippen LogP contribution >= 0.6 is 0 Å². The fraction of sp³-hybridized carbons (Fsp3) is 0.231. The van der Waals surface area contributed by atoms with Crippen molar-refractivity contribution >= 4 is 12.0 Å². The Labute approximate surface area is 109 Å². The second-order valence-electron chi connectivity index (χ2n) is 4.43. The Morgan fingerprint density at radius 1 is 1.37 bits per heavy atom. The van der Waals surface area contributed by atoms with E-state index in [4.69, 9.17) is 0 Å². The normalized spacial score (nSPS) is 10.7. The topological polar surface area (TPSA) is 78.0 Å². The molecule has 2 rings (SSSR count). The summed E-state index contributed by atoms with van der Waals surface area (Å²) in [5, 5.41) is 15.3. The number of benzene rings is 1. The van der Waals surface area contributed by atoms with Crippen molar-refractivity contribution in [2.24, 2.45) is 0 Å². The first-order chi connectivity index (χ1) is 9.04. The van der Waals surface area contributed by atoms with Gasteiger partial charge in [-0.2, -0.15) is 5.10 Å². The van der Waals surface area contributed by atoms with Crippen molar-refractivity contribution in [1.29, 1.82) is 0 Å². The summed E-state index contributed by atoms with van der Waals surface area (Å²) in [6.07, 6.45) is 2.23. The number of para-hydroxylation sites is 2. The van der Waals surface area contributed by atoms with E-state index >= 15 is 0 Å². The summed E-state index contributed by atoms with van der Waals surface area (Å²) >= 11 is 0. The summed E-state index contributed by atoms with van der Waals surface area (Å²) in [6.45, 7) is 3.83. The number of aldehydes is 1. The zero-order chi connectivity index (χ0) is 14.0. The molecule has 0 spiro atoms. The average molecular weight is 259 g/mol. The molecule has 1 aromatic carbocycles. The molecule has 6 heteroatoms. The molecule has 0 atom stereocenters. The number of carbonyl (C=O) groups is 1. The summed E-state index contributed by atoms with van der Waals surface area (Å²) in [5.74, 6) is 0.0734. The van der Waals surface area contributed by atoms with Gasteiger partial charge in [0.1, 0.15) is 5.69 Å². The molecule has 1 heterocycles. The minimum Gasteiger partial charge on any atom is -0.298 e. The van der Waals surface area contributed by atoms with E-state index < -0.39 is 4.92 Å². The minimum absolute atomic E-state index is 0.0437. The zero-order valence-electron chi connectivity index (χ0n) is 10.6. The predicted octanol–water partition coefficient (Wildman–Crippen LogP) is 2.72. The Bertz CT molecular complexity index is 632. The van der Waals surface area contributed by atoms with Gasteiger partial charge in [-0.15, -0.1) is 0 Å². The first-order valence-electron chi connectivity index (χ1n) is 5.83. The van der Waals surface area contributed by atoms with Crippen LogP contribution in [0.1, 0.15) is 35.8 Å². The van der Waals surface area contributed by atoms with E-state index in [-0.39, 0.29) is 11.6 Å². The number of nitro benzene ring substituents is 1. The van der Waals surface area contributed by atoms with Crippen LogP contribution in [0.2, 0.25) is 0 Å². The van der Waals surface area contributed by atoms with Crippen LogP contribution in [0.5, 0.6) is 0 Å². The van der Waals surface area contributed by atoms with Crippen LogP contribution < -0.4 is 0 Å². The molecule has 2 aromatic rings. The average Bonchev–Trinajstić information content (AvgIpc) is 2.82. The number of rotatable bonds is 4. The maximum Gasteiger partial charge on any atom is 0.294 e. The monoisotopic (exact) mass is 259 g/mol. The van der Waals surface area contributed by atoms with Gasteiger partial charge < -0.3 is 0 Å². The molecule has 0 unspecified atom stereocenters. The largest absolute Gasteiger partial charge is 0.298 e. The van der Waals surface area contributed by atoms with Gasteiger partial charge in [-0.1, -0.05) is 26.0 Å². The van der Waals surface area contributed by atoms with Gasteiger partial charge in [0.05, 0.1) is 16.2 Å². The second-order valence-corrected chi connectivity index (χ2v) is 4.43. The number of hydrogen-bond donors (Lipinski definition) is 0. The molecule has 0 saturated carbocycles. The third-order valence-corrected chi connectivity index (χ3v) is 2.77. The van der Waals surface area contributed by atoms with Crippen molar-refractivity contribution in [2.45, 2.75) is 19.8 Å². The maximum atomic E-state index is 11.0. The van der Waals surface area contributed by atoms with Gasteiger partial charge >= 0.3 is 0 Å². The highest BCUT2D eigenvalue weighted by Gasteiger charge is 2.18. The third kappa shape index (κ3) is 2.37. The number of carbonyl (C=O) groups excluding carboxylic acids is 1. The molecule has 19 heavy (non-hydrogen) atoms. The van der Waals surface area contributed by atoms with Crippen LogP contribution in [-0.4, -0.2) is 21.0 Å². The van der Waals surface area contributed by atoms with E-state index in [1.54, 1.807) is 18.2 Å². The summed E-state index contributed by atoms with van der Waals surface area (Å²) in [4.78, 5) is 21.5. The van der Waals surface area contributed by atoms with Crippen molar-refractivity contribution in [1.82, 2.24) is 9.78 Å². The first-order valence-corrected chi connectivity index (χ1v) is 5.83. The van der Waals surface area contributed by atoms with Crippen LogP contribution in [-0.2, 0) is 0 Å². The fourth-order valence-electron chi connectivity index (χ4n) is 1.88. The molecule has 0 radical (unpaired) electrons. The van der Waals surface area contributed by atoms with E-state index in [9.17, 15) is 14.9 Å². The quantitative estimate of drug-likeness (QED) is 0.480. The molecule has 1 aromatic heterocycles. The van der Waals surface area contributed by atoms with E-state index in [1.165, 1.54) is 16.9 Å². The van der Waals surface area contributed by atoms with Crippen LogP contribution in [0.15, 0.2) is 30.5 Å². The summed E-state index contributed by atoms with van der Waals surface area (Å²) in [6, 6.07) is 6.30. The molecule has 0 bridgehead atoms. The smallest absolute Gasteiger partial charge is 0.294 e. The lowest BCUT2D eigenvalue weighted by Gasteiger charge is -2.03. The number of nitrogens with zero attached hydrogens (tertiary/aromatic N) is 3. The van der Waals surface area contributed by atoms with Gasteiger partial charge in [-0.25, -0.2) is 4.68 Å². The molecule has 98 valence electrons. The van der Waals surface area contributed by atoms with E-state index in [1.807, 2.05) is 13.8 Å². The highest BCUT2D eigenvalue weighted by atomic mass is 16.6. The molecule has 0 aliphatic heterocycles. The van der Waals surface area contributed by atoms with Gasteiger partial charge in [-0.05, 0) is 12.0 Å². The number of hydrogen-bond acceptors (Lipinski definition) is 4. The Hall–Kier alpha value is -2.50. The van der Waals surface area contributed by atoms with E-state index in [0.29, 0.717) is 23.2 Å². The Kier molecular flexibility index (Phi) is 3.41. The lowest BCUT2D eigenvalue weighted by molar-refractivity contribution is -0.384. The van der Waals surface area contributed by atoms with Gasteiger partial charge in [0, 0.05) is 12.3 Å². The molecule has 0 amide bonds. The lowest BCUT2D eigenvalue weighted by atomic mass is 10.1. The molecule has 0 saturated heterocycles. The number of aromatic nitrogens is 2. The molecular weight excluding hydrogens is 246 g/mol. The molecular formula is C13H13N3O3. The van der Waals surface area contributed by atoms with Crippen molar-refractivity contribution in [2.75, 3.05) is 0 Å². The SMILES string of the molecule is CC(C)c1nn(-c2ccccc2[N+](=O)[O-])cc1C=O. The molecule has 6 nitrogen and oxygen atoms in total. The van der Waals surface area contributed by atoms with Crippen LogP contribution in [0, 0.1) is 10.1 Å². The lowest BCUT2D eigenvalue weighted by Crippen LogP contribution is -2.01. The fourth-order valence-corrected chi connectivity index (χ4v) is 1.88. The maximum absolute atomic E-state index is 11.0. The standard InChI is InChI=1S/C13H13N3O3/c1-9(2)13-10(8-17)7-15(14-13)11-5-3-4-6-12(11)16(18)19/h3-9H,1-2H3. The Morgan fingerprint density at radius 3 is 2.58 bits per heavy atom. The van der Waals surface area contributed by atoms with Gasteiger partial charge in [0.15, 0.2) is 6.29 Å². The minimum atomic E-state index is -0.466. The Balaban J connectivity index is 2.60. The van der Waals surface area contributed by atoms with Gasteiger partial charge in [-0.3, -0.25) is 14.9 Å². The van der Waals surface area contributed by atoms with Gasteiger partial charge in [0.25, 0.3) is 5.69 Å². The zero-order valence-corrected chi connectivity index (χ0v) is 10.6. The first kappa shape index (κ1) is 12.9. The summed E-state index contributed by atoms with van der Waals surface area (Å²) in [7, 11) is 0. The van der Waals surface area contributed by atoms with Crippen molar-refractivity contribution in [3.8, 4) is 5.69 Å². The highest BCUT2D eigenvalue weighted by molar-refractivity contribution is 5.76. The van der Waals surface area contributed by atoms with Crippen molar-refractivity contribution < 1.29 is 9.72 Å². The number of nitro groups is 1. The summed E-state index contributed by atoms with van der Waals surface area (Å²) in [5.41, 5.74) is 1.39. The second kappa shape index (κ2) is 5.01. The van der Waals surface area contributed by atoms with E-state index in [2.05, 4.69) is 5.10 Å². The molecule has 0 fully saturated rings. The highest BCUT2D eigenvalue weighted by Crippen LogP contribution is 2.24. The molecule has 0 aliphatic rings. The van der Waals surface area contributed by atoms with Gasteiger partial charge in [0.2, 0.25) is 0 Å². The van der Waals surface area contributed by atoms with Crippen molar-refractivity contribution in [3.05, 3.63) is 51.8 Å². The van der Waals surface area contributed by atoms with Crippen LogP contribution in [0.4, 0.5) is 5.69 Å². The predicted molar refractivity (Wildman–Crippen MR) is 69.7 cm³/mol. The Morgan fingerprint density at radius 2 is 2.05 bits per heavy atom. The van der Waals surface area contributed by atoms with Crippen molar-refractivity contribution in [3.63, 3.8) is 0 Å². The van der Waals surface area contributed by atoms with Crippen LogP contribution in [0.3, 0.4) is 0 Å². The third-order valence-electron chi connectivity index (χ3n) is 2.77. The summed E-state index contributed by atoms with van der Waals surface area (Å²) < 4.78 is 1.39. The van der Waals surface area contributed by atoms with E-state index in [0.717, 1.165) is 0 Å². The van der Waals surface area contributed by atoms with Crippen LogP contribution in [0.25, 0.3) is 5.69 Å². The molecule has 0 N–H and O–H groups in total. The molecule has 0 aliphatic carbocycles.